The summed E-state index contributed by atoms with van der Waals surface area (Å²) in [4.78, 5) is 10.8. The van der Waals surface area contributed by atoms with E-state index in [2.05, 4.69) is 5.10 Å². The van der Waals surface area contributed by atoms with E-state index in [1.165, 1.54) is 12.3 Å². The van der Waals surface area contributed by atoms with Crippen LogP contribution in [0.2, 0.25) is 0 Å². The summed E-state index contributed by atoms with van der Waals surface area (Å²) in [7, 11) is 0. The van der Waals surface area contributed by atoms with Crippen LogP contribution < -0.4 is 4.74 Å². The van der Waals surface area contributed by atoms with Crippen molar-refractivity contribution in [2.45, 2.75) is 20.1 Å². The van der Waals surface area contributed by atoms with Gasteiger partial charge in [-0.1, -0.05) is 0 Å². The van der Waals surface area contributed by atoms with Crippen LogP contribution in [0, 0.1) is 0 Å². The zero-order valence-electron chi connectivity index (χ0n) is 9.29. The minimum atomic E-state index is -1.03. The molecule has 0 spiro atoms. The van der Waals surface area contributed by atoms with Gasteiger partial charge in [0.15, 0.2) is 11.5 Å². The molecule has 0 aliphatic carbocycles. The minimum Gasteiger partial charge on any atom is -0.482 e. The molecule has 0 saturated heterocycles. The van der Waals surface area contributed by atoms with Gasteiger partial charge in [0.25, 0.3) is 0 Å². The highest BCUT2D eigenvalue weighted by atomic mass is 16.5. The van der Waals surface area contributed by atoms with Crippen LogP contribution in [0.5, 0.6) is 5.75 Å². The molecule has 17 heavy (non-hydrogen) atoms. The molecule has 0 aliphatic heterocycles. The fraction of sp³-hybridized carbons (Fsp3) is 0.273. The standard InChI is InChI=1S/C11H12N2O4/c1-2-13-6-8(5-12-13)17-7-10-9(11(14)15)3-4-16-10/h3-6H,2,7H2,1H3,(H,14,15). The van der Waals surface area contributed by atoms with E-state index in [1.807, 2.05) is 6.92 Å². The normalized spacial score (nSPS) is 10.4. The van der Waals surface area contributed by atoms with E-state index in [9.17, 15) is 4.79 Å². The lowest BCUT2D eigenvalue weighted by Gasteiger charge is -2.01. The predicted octanol–water partition coefficient (Wildman–Crippen LogP) is 1.77. The van der Waals surface area contributed by atoms with Crippen LogP contribution in [0.3, 0.4) is 0 Å². The third kappa shape index (κ3) is 2.47. The SMILES string of the molecule is CCn1cc(OCc2occc2C(=O)O)cn1. The zero-order chi connectivity index (χ0) is 12.3. The predicted molar refractivity (Wildman–Crippen MR) is 57.9 cm³/mol. The molecule has 0 bridgehead atoms. The average molecular weight is 236 g/mol. The Bertz CT molecular complexity index is 515. The highest BCUT2D eigenvalue weighted by Crippen LogP contribution is 2.15. The Morgan fingerprint density at radius 1 is 1.65 bits per heavy atom. The molecule has 0 radical (unpaired) electrons. The molecule has 2 heterocycles. The van der Waals surface area contributed by atoms with Crippen molar-refractivity contribution in [1.29, 1.82) is 0 Å². The summed E-state index contributed by atoms with van der Waals surface area (Å²) in [6.07, 6.45) is 4.65. The van der Waals surface area contributed by atoms with E-state index in [0.717, 1.165) is 6.54 Å². The van der Waals surface area contributed by atoms with Gasteiger partial charge < -0.3 is 14.3 Å². The first-order valence-electron chi connectivity index (χ1n) is 5.15. The van der Waals surface area contributed by atoms with Crippen LogP contribution in [-0.2, 0) is 13.2 Å². The molecule has 2 aromatic heterocycles. The van der Waals surface area contributed by atoms with E-state index in [1.54, 1.807) is 17.1 Å². The smallest absolute Gasteiger partial charge is 0.339 e. The van der Waals surface area contributed by atoms with Crippen molar-refractivity contribution < 1.29 is 19.1 Å². The molecule has 6 nitrogen and oxygen atoms in total. The second-order valence-corrected chi connectivity index (χ2v) is 3.38. The number of nitrogens with zero attached hydrogens (tertiary/aromatic N) is 2. The van der Waals surface area contributed by atoms with Crippen molar-refractivity contribution in [3.63, 3.8) is 0 Å². The first kappa shape index (κ1) is 11.3. The summed E-state index contributed by atoms with van der Waals surface area (Å²) in [5.74, 6) is -0.150. The van der Waals surface area contributed by atoms with Gasteiger partial charge in [0.1, 0.15) is 12.2 Å². The molecule has 0 fully saturated rings. The van der Waals surface area contributed by atoms with Gasteiger partial charge in [0.05, 0.1) is 18.7 Å². The van der Waals surface area contributed by atoms with E-state index in [0.29, 0.717) is 11.5 Å². The van der Waals surface area contributed by atoms with Gasteiger partial charge in [-0.2, -0.15) is 5.10 Å². The maximum absolute atomic E-state index is 10.8. The van der Waals surface area contributed by atoms with Crippen molar-refractivity contribution in [3.8, 4) is 5.75 Å². The van der Waals surface area contributed by atoms with Crippen molar-refractivity contribution in [2.75, 3.05) is 0 Å². The second kappa shape index (κ2) is 4.73. The number of ether oxygens (including phenoxy) is 1. The van der Waals surface area contributed by atoms with Crippen LogP contribution in [0.1, 0.15) is 23.0 Å². The van der Waals surface area contributed by atoms with E-state index >= 15 is 0 Å². The van der Waals surface area contributed by atoms with Crippen LogP contribution >= 0.6 is 0 Å². The second-order valence-electron chi connectivity index (χ2n) is 3.38. The number of hydrogen-bond acceptors (Lipinski definition) is 4. The summed E-state index contributed by atoms with van der Waals surface area (Å²) in [5, 5.41) is 12.9. The van der Waals surface area contributed by atoms with Crippen LogP contribution in [-0.4, -0.2) is 20.9 Å². The molecule has 2 rings (SSSR count). The molecule has 1 N–H and O–H groups in total. The molecule has 0 amide bonds. The van der Waals surface area contributed by atoms with Gasteiger partial charge in [0.2, 0.25) is 0 Å². The summed E-state index contributed by atoms with van der Waals surface area (Å²) >= 11 is 0. The van der Waals surface area contributed by atoms with Crippen LogP contribution in [0.4, 0.5) is 0 Å². The minimum absolute atomic E-state index is 0.0735. The molecule has 0 atom stereocenters. The van der Waals surface area contributed by atoms with Crippen molar-refractivity contribution in [3.05, 3.63) is 36.0 Å². The highest BCUT2D eigenvalue weighted by Gasteiger charge is 2.13. The van der Waals surface area contributed by atoms with Gasteiger partial charge in [-0.15, -0.1) is 0 Å². The maximum Gasteiger partial charge on any atom is 0.339 e. The van der Waals surface area contributed by atoms with Crippen LogP contribution in [0.25, 0.3) is 0 Å². The van der Waals surface area contributed by atoms with Gasteiger partial charge in [0, 0.05) is 6.54 Å². The monoisotopic (exact) mass is 236 g/mol. The number of hydrogen-bond donors (Lipinski definition) is 1. The lowest BCUT2D eigenvalue weighted by atomic mass is 10.2. The van der Waals surface area contributed by atoms with Crippen molar-refractivity contribution >= 4 is 5.97 Å². The molecule has 90 valence electrons. The molecule has 0 saturated carbocycles. The van der Waals surface area contributed by atoms with E-state index in [4.69, 9.17) is 14.3 Å². The number of aromatic carboxylic acids is 1. The zero-order valence-corrected chi connectivity index (χ0v) is 9.29. The fourth-order valence-electron chi connectivity index (χ4n) is 1.38. The van der Waals surface area contributed by atoms with Gasteiger partial charge >= 0.3 is 5.97 Å². The topological polar surface area (TPSA) is 77.5 Å². The molecule has 0 aromatic carbocycles. The number of carbonyl (C=O) groups is 1. The maximum atomic E-state index is 10.8. The third-order valence-corrected chi connectivity index (χ3v) is 2.28. The first-order valence-corrected chi connectivity index (χ1v) is 5.15. The molecule has 2 aromatic rings. The molecular formula is C11H12N2O4. The van der Waals surface area contributed by atoms with Gasteiger partial charge in [-0.05, 0) is 13.0 Å². The molecule has 0 unspecified atom stereocenters. The van der Waals surface area contributed by atoms with Crippen molar-refractivity contribution in [2.24, 2.45) is 0 Å². The molecular weight excluding hydrogens is 224 g/mol. The Morgan fingerprint density at radius 2 is 2.47 bits per heavy atom. The largest absolute Gasteiger partial charge is 0.482 e. The van der Waals surface area contributed by atoms with Crippen LogP contribution in [0.15, 0.2) is 29.1 Å². The Balaban J connectivity index is 2.02. The fourth-order valence-corrected chi connectivity index (χ4v) is 1.38. The quantitative estimate of drug-likeness (QED) is 0.856. The summed E-state index contributed by atoms with van der Waals surface area (Å²) in [6, 6.07) is 1.40. The van der Waals surface area contributed by atoms with Gasteiger partial charge in [-0.3, -0.25) is 4.68 Å². The summed E-state index contributed by atoms with van der Waals surface area (Å²) < 4.78 is 12.1. The van der Waals surface area contributed by atoms with Crippen molar-refractivity contribution in [1.82, 2.24) is 9.78 Å². The average Bonchev–Trinajstić information content (AvgIpc) is 2.95. The van der Waals surface area contributed by atoms with Gasteiger partial charge in [-0.25, -0.2) is 4.79 Å². The Morgan fingerprint density at radius 3 is 3.12 bits per heavy atom. The highest BCUT2D eigenvalue weighted by molar-refractivity contribution is 5.88. The number of aryl methyl sites for hydroxylation is 1. The number of rotatable bonds is 5. The number of carboxylic acid groups (broad SMARTS) is 1. The Hall–Kier alpha value is -2.24. The summed E-state index contributed by atoms with van der Waals surface area (Å²) in [5.41, 5.74) is 0.118. The lowest BCUT2D eigenvalue weighted by molar-refractivity contribution is 0.0692. The number of furan rings is 1. The number of carboxylic acids is 1. The van der Waals surface area contributed by atoms with E-state index < -0.39 is 5.97 Å². The Kier molecular flexibility index (Phi) is 3.13. The summed E-state index contributed by atoms with van der Waals surface area (Å²) in [6.45, 7) is 2.79. The third-order valence-electron chi connectivity index (χ3n) is 2.28. The number of aromatic nitrogens is 2. The van der Waals surface area contributed by atoms with E-state index in [-0.39, 0.29) is 12.2 Å². The molecule has 0 aliphatic rings. The first-order chi connectivity index (χ1) is 8.20. The lowest BCUT2D eigenvalue weighted by Crippen LogP contribution is -2.02. The molecule has 6 heteroatoms. The Labute approximate surface area is 97.4 Å².